The third-order valence-corrected chi connectivity index (χ3v) is 2.98. The molecule has 0 radical (unpaired) electrons. The zero-order valence-corrected chi connectivity index (χ0v) is 10.9. The summed E-state index contributed by atoms with van der Waals surface area (Å²) in [5.41, 5.74) is 7.82. The Labute approximate surface area is 111 Å². The molecule has 0 unspecified atom stereocenters. The van der Waals surface area contributed by atoms with Crippen LogP contribution in [0.15, 0.2) is 36.4 Å². The highest BCUT2D eigenvalue weighted by atomic mass is 19.1. The average Bonchev–Trinajstić information content (AvgIpc) is 2.47. The van der Waals surface area contributed by atoms with Gasteiger partial charge in [-0.1, -0.05) is 12.1 Å². The monoisotopic (exact) mass is 261 g/mol. The van der Waals surface area contributed by atoms with Gasteiger partial charge in [0.1, 0.15) is 5.82 Å². The summed E-state index contributed by atoms with van der Waals surface area (Å²) < 4.78 is 23.9. The standard InChI is InChI=1S/C15H16FNO2/c1-18-14-6-4-11(8-15(14)19-2)10-3-5-13(16)12(7-10)9-17/h3-8H,9,17H2,1-2H3. The molecule has 2 N–H and O–H groups in total. The van der Waals surface area contributed by atoms with Gasteiger partial charge in [-0.3, -0.25) is 0 Å². The molecule has 0 bridgehead atoms. The van der Waals surface area contributed by atoms with Gasteiger partial charge in [-0.05, 0) is 35.4 Å². The number of hydrogen-bond donors (Lipinski definition) is 1. The van der Waals surface area contributed by atoms with Gasteiger partial charge in [0.2, 0.25) is 0 Å². The van der Waals surface area contributed by atoms with Gasteiger partial charge in [0, 0.05) is 12.1 Å². The van der Waals surface area contributed by atoms with E-state index in [0.717, 1.165) is 11.1 Å². The number of rotatable bonds is 4. The van der Waals surface area contributed by atoms with Gasteiger partial charge >= 0.3 is 0 Å². The first-order valence-corrected chi connectivity index (χ1v) is 5.90. The molecule has 0 aliphatic rings. The fraction of sp³-hybridized carbons (Fsp3) is 0.200. The van der Waals surface area contributed by atoms with Crippen LogP contribution in [0, 0.1) is 5.82 Å². The number of benzene rings is 2. The fourth-order valence-corrected chi connectivity index (χ4v) is 1.93. The Morgan fingerprint density at radius 2 is 1.58 bits per heavy atom. The molecule has 0 saturated carbocycles. The fourth-order valence-electron chi connectivity index (χ4n) is 1.93. The molecule has 3 nitrogen and oxygen atoms in total. The van der Waals surface area contributed by atoms with Gasteiger partial charge < -0.3 is 15.2 Å². The molecule has 2 aromatic rings. The van der Waals surface area contributed by atoms with Crippen molar-refractivity contribution >= 4 is 0 Å². The molecule has 100 valence electrons. The van der Waals surface area contributed by atoms with Crippen molar-refractivity contribution in [2.24, 2.45) is 5.73 Å². The molecule has 0 fully saturated rings. The summed E-state index contributed by atoms with van der Waals surface area (Å²) in [6.07, 6.45) is 0. The van der Waals surface area contributed by atoms with E-state index in [-0.39, 0.29) is 12.4 Å². The smallest absolute Gasteiger partial charge is 0.161 e. The molecule has 0 saturated heterocycles. The zero-order valence-electron chi connectivity index (χ0n) is 10.9. The second-order valence-electron chi connectivity index (χ2n) is 4.08. The first-order valence-electron chi connectivity index (χ1n) is 5.90. The summed E-state index contributed by atoms with van der Waals surface area (Å²) in [7, 11) is 3.17. The Bertz CT molecular complexity index is 584. The van der Waals surface area contributed by atoms with Crippen LogP contribution < -0.4 is 15.2 Å². The van der Waals surface area contributed by atoms with E-state index in [2.05, 4.69) is 0 Å². The largest absolute Gasteiger partial charge is 0.493 e. The van der Waals surface area contributed by atoms with Crippen molar-refractivity contribution in [2.75, 3.05) is 14.2 Å². The van der Waals surface area contributed by atoms with Crippen LogP contribution >= 0.6 is 0 Å². The van der Waals surface area contributed by atoms with E-state index in [1.165, 1.54) is 6.07 Å². The van der Waals surface area contributed by atoms with Gasteiger partial charge in [-0.2, -0.15) is 0 Å². The van der Waals surface area contributed by atoms with Gasteiger partial charge in [0.05, 0.1) is 14.2 Å². The predicted octanol–water partition coefficient (Wildman–Crippen LogP) is 2.97. The normalized spacial score (nSPS) is 10.3. The van der Waals surface area contributed by atoms with E-state index in [1.807, 2.05) is 18.2 Å². The SMILES string of the molecule is COc1ccc(-c2ccc(F)c(CN)c2)cc1OC. The summed E-state index contributed by atoms with van der Waals surface area (Å²) in [6, 6.07) is 10.5. The van der Waals surface area contributed by atoms with Gasteiger partial charge in [0.25, 0.3) is 0 Å². The van der Waals surface area contributed by atoms with Crippen molar-refractivity contribution in [1.82, 2.24) is 0 Å². The number of hydrogen-bond acceptors (Lipinski definition) is 3. The summed E-state index contributed by atoms with van der Waals surface area (Å²) in [5.74, 6) is 1.01. The Hall–Kier alpha value is -2.07. The van der Waals surface area contributed by atoms with Crippen LogP contribution in [-0.4, -0.2) is 14.2 Å². The molecule has 19 heavy (non-hydrogen) atoms. The van der Waals surface area contributed by atoms with Crippen molar-refractivity contribution < 1.29 is 13.9 Å². The lowest BCUT2D eigenvalue weighted by atomic mass is 10.0. The predicted molar refractivity (Wildman–Crippen MR) is 72.8 cm³/mol. The topological polar surface area (TPSA) is 44.5 Å². The quantitative estimate of drug-likeness (QED) is 0.920. The first-order chi connectivity index (χ1) is 9.19. The molecular weight excluding hydrogens is 245 g/mol. The number of halogens is 1. The van der Waals surface area contributed by atoms with E-state index in [9.17, 15) is 4.39 Å². The van der Waals surface area contributed by atoms with E-state index in [1.54, 1.807) is 26.4 Å². The zero-order chi connectivity index (χ0) is 13.8. The molecule has 0 aliphatic heterocycles. The lowest BCUT2D eigenvalue weighted by Crippen LogP contribution is -2.00. The third-order valence-electron chi connectivity index (χ3n) is 2.98. The highest BCUT2D eigenvalue weighted by Gasteiger charge is 2.08. The maximum atomic E-state index is 13.4. The van der Waals surface area contributed by atoms with Gasteiger partial charge in [-0.25, -0.2) is 4.39 Å². The Kier molecular flexibility index (Phi) is 4.02. The minimum Gasteiger partial charge on any atom is -0.493 e. The van der Waals surface area contributed by atoms with Gasteiger partial charge in [-0.15, -0.1) is 0 Å². The average molecular weight is 261 g/mol. The minimum absolute atomic E-state index is 0.174. The summed E-state index contributed by atoms with van der Waals surface area (Å²) >= 11 is 0. The highest BCUT2D eigenvalue weighted by molar-refractivity contribution is 5.67. The molecule has 4 heteroatoms. The summed E-state index contributed by atoms with van der Waals surface area (Å²) in [5, 5.41) is 0. The summed E-state index contributed by atoms with van der Waals surface area (Å²) in [4.78, 5) is 0. The molecule has 0 heterocycles. The van der Waals surface area contributed by atoms with Crippen molar-refractivity contribution in [3.05, 3.63) is 47.8 Å². The number of ether oxygens (including phenoxy) is 2. The van der Waals surface area contributed by atoms with Crippen LogP contribution in [0.25, 0.3) is 11.1 Å². The molecule has 2 aromatic carbocycles. The van der Waals surface area contributed by atoms with Crippen LogP contribution in [0.1, 0.15) is 5.56 Å². The van der Waals surface area contributed by atoms with Crippen LogP contribution in [-0.2, 0) is 6.54 Å². The van der Waals surface area contributed by atoms with E-state index < -0.39 is 0 Å². The number of nitrogens with two attached hydrogens (primary N) is 1. The van der Waals surface area contributed by atoms with E-state index >= 15 is 0 Å². The van der Waals surface area contributed by atoms with Gasteiger partial charge in [0.15, 0.2) is 11.5 Å². The Morgan fingerprint density at radius 1 is 0.947 bits per heavy atom. The summed E-state index contributed by atoms with van der Waals surface area (Å²) in [6.45, 7) is 0.174. The van der Waals surface area contributed by atoms with Crippen molar-refractivity contribution in [3.63, 3.8) is 0 Å². The van der Waals surface area contributed by atoms with E-state index in [4.69, 9.17) is 15.2 Å². The highest BCUT2D eigenvalue weighted by Crippen LogP contribution is 2.32. The molecule has 2 rings (SSSR count). The second-order valence-corrected chi connectivity index (χ2v) is 4.08. The van der Waals surface area contributed by atoms with Crippen LogP contribution in [0.5, 0.6) is 11.5 Å². The third kappa shape index (κ3) is 2.69. The van der Waals surface area contributed by atoms with Crippen LogP contribution in [0.2, 0.25) is 0 Å². The lowest BCUT2D eigenvalue weighted by molar-refractivity contribution is 0.355. The van der Waals surface area contributed by atoms with Crippen LogP contribution in [0.3, 0.4) is 0 Å². The maximum Gasteiger partial charge on any atom is 0.161 e. The van der Waals surface area contributed by atoms with Crippen molar-refractivity contribution in [3.8, 4) is 22.6 Å². The first kappa shape index (κ1) is 13.4. The molecule has 0 amide bonds. The van der Waals surface area contributed by atoms with Crippen LogP contribution in [0.4, 0.5) is 4.39 Å². The Morgan fingerprint density at radius 3 is 2.21 bits per heavy atom. The molecule has 0 atom stereocenters. The molecule has 0 aliphatic carbocycles. The number of methoxy groups -OCH3 is 2. The van der Waals surface area contributed by atoms with E-state index in [0.29, 0.717) is 17.1 Å². The second kappa shape index (κ2) is 5.71. The lowest BCUT2D eigenvalue weighted by Gasteiger charge is -2.10. The Balaban J connectivity index is 2.47. The molecular formula is C15H16FNO2. The van der Waals surface area contributed by atoms with Crippen molar-refractivity contribution in [2.45, 2.75) is 6.54 Å². The molecule has 0 spiro atoms. The van der Waals surface area contributed by atoms with Crippen molar-refractivity contribution in [1.29, 1.82) is 0 Å². The minimum atomic E-state index is -0.285. The maximum absolute atomic E-state index is 13.4. The molecule has 0 aromatic heterocycles.